The fourth-order valence-corrected chi connectivity index (χ4v) is 2.90. The third-order valence-electron chi connectivity index (χ3n) is 3.83. The number of nitrogens with zero attached hydrogens (tertiary/aromatic N) is 3. The lowest BCUT2D eigenvalue weighted by Gasteiger charge is -2.12. The van der Waals surface area contributed by atoms with Gasteiger partial charge in [-0.2, -0.15) is 5.10 Å². The minimum atomic E-state index is -0.258. The lowest BCUT2D eigenvalue weighted by Crippen LogP contribution is -2.16. The van der Waals surface area contributed by atoms with Gasteiger partial charge in [-0.05, 0) is 60.7 Å². The van der Waals surface area contributed by atoms with Crippen molar-refractivity contribution in [2.24, 2.45) is 5.92 Å². The van der Waals surface area contributed by atoms with Crippen LogP contribution in [-0.2, 0) is 0 Å². The monoisotopic (exact) mass is 348 g/mol. The average molecular weight is 349 g/mol. The van der Waals surface area contributed by atoms with Crippen molar-refractivity contribution >= 4 is 27.7 Å². The highest BCUT2D eigenvalue weighted by atomic mass is 79.9. The number of anilines is 1. The number of carbonyl (C=O) groups is 1. The van der Waals surface area contributed by atoms with E-state index >= 15 is 0 Å². The van der Waals surface area contributed by atoms with Gasteiger partial charge in [-0.3, -0.25) is 9.48 Å². The maximum Gasteiger partial charge on any atom is 0.276 e. The molecular weight excluding hydrogens is 332 g/mol. The number of hydrogen-bond donors (Lipinski definition) is 1. The Labute approximate surface area is 131 Å². The molecular formula is C15H17BrN4O. The number of rotatable bonds is 4. The first-order valence-electron chi connectivity index (χ1n) is 7.04. The molecule has 6 heteroatoms. The summed E-state index contributed by atoms with van der Waals surface area (Å²) in [5, 5.41) is 7.32. The van der Waals surface area contributed by atoms with E-state index in [-0.39, 0.29) is 5.91 Å². The molecule has 0 saturated heterocycles. The molecule has 1 N–H and O–H groups in total. The zero-order valence-corrected chi connectivity index (χ0v) is 13.6. The van der Waals surface area contributed by atoms with Gasteiger partial charge in [-0.15, -0.1) is 0 Å². The van der Waals surface area contributed by atoms with Gasteiger partial charge in [0.25, 0.3) is 5.91 Å². The Morgan fingerprint density at radius 1 is 1.52 bits per heavy atom. The van der Waals surface area contributed by atoms with Crippen LogP contribution in [-0.4, -0.2) is 20.7 Å². The van der Waals surface area contributed by atoms with Crippen molar-refractivity contribution in [3.05, 3.63) is 40.3 Å². The zero-order valence-electron chi connectivity index (χ0n) is 12.0. The summed E-state index contributed by atoms with van der Waals surface area (Å²) < 4.78 is 2.67. The maximum absolute atomic E-state index is 12.2. The molecule has 1 aliphatic rings. The molecule has 110 valence electrons. The van der Waals surface area contributed by atoms with Gasteiger partial charge in [0, 0.05) is 22.4 Å². The van der Waals surface area contributed by atoms with E-state index in [0.717, 1.165) is 11.6 Å². The summed E-state index contributed by atoms with van der Waals surface area (Å²) in [6.07, 6.45) is 4.13. The van der Waals surface area contributed by atoms with E-state index in [0.29, 0.717) is 22.0 Å². The van der Waals surface area contributed by atoms with Crippen LogP contribution >= 0.6 is 15.9 Å². The number of pyridine rings is 1. The van der Waals surface area contributed by atoms with Crippen molar-refractivity contribution in [1.82, 2.24) is 14.8 Å². The van der Waals surface area contributed by atoms with Crippen LogP contribution in [0.5, 0.6) is 0 Å². The molecule has 21 heavy (non-hydrogen) atoms. The quantitative estimate of drug-likeness (QED) is 0.918. The van der Waals surface area contributed by atoms with E-state index in [1.54, 1.807) is 18.3 Å². The van der Waals surface area contributed by atoms with Gasteiger partial charge in [-0.25, -0.2) is 4.98 Å². The molecule has 0 spiro atoms. The fourth-order valence-electron chi connectivity index (χ4n) is 2.47. The van der Waals surface area contributed by atoms with Crippen molar-refractivity contribution in [2.75, 3.05) is 5.32 Å². The predicted octanol–water partition coefficient (Wildman–Crippen LogP) is 3.57. The van der Waals surface area contributed by atoms with Gasteiger partial charge in [-0.1, -0.05) is 0 Å². The van der Waals surface area contributed by atoms with Crippen LogP contribution in [0.25, 0.3) is 0 Å². The first-order valence-corrected chi connectivity index (χ1v) is 7.83. The van der Waals surface area contributed by atoms with Gasteiger partial charge in [0.2, 0.25) is 0 Å². The van der Waals surface area contributed by atoms with Gasteiger partial charge in [0.05, 0.1) is 6.04 Å². The average Bonchev–Trinajstić information content (AvgIpc) is 3.23. The van der Waals surface area contributed by atoms with Crippen molar-refractivity contribution in [3.8, 4) is 0 Å². The Bertz CT molecular complexity index is 678. The van der Waals surface area contributed by atoms with Crippen molar-refractivity contribution in [2.45, 2.75) is 32.7 Å². The zero-order chi connectivity index (χ0) is 15.0. The molecule has 1 amide bonds. The highest BCUT2D eigenvalue weighted by molar-refractivity contribution is 9.10. The number of aromatic nitrogens is 3. The fraction of sp³-hybridized carbons (Fsp3) is 0.400. The Balaban J connectivity index is 1.77. The standard InChI is InChI=1S/C15H17BrN4O/c1-9-8-13(19-20(9)10(2)11-5-6-11)18-15(21)14-12(16)4-3-7-17-14/h3-4,7-8,10-11H,5-6H2,1-2H3,(H,18,19,21)/t10-/m0/s1. The molecule has 2 aromatic rings. The number of halogens is 1. The predicted molar refractivity (Wildman–Crippen MR) is 84.3 cm³/mol. The largest absolute Gasteiger partial charge is 0.304 e. The van der Waals surface area contributed by atoms with E-state index in [9.17, 15) is 4.79 Å². The number of carbonyl (C=O) groups excluding carboxylic acids is 1. The van der Waals surface area contributed by atoms with E-state index in [1.807, 2.05) is 17.7 Å². The van der Waals surface area contributed by atoms with E-state index in [4.69, 9.17) is 0 Å². The second-order valence-corrected chi connectivity index (χ2v) is 6.34. The summed E-state index contributed by atoms with van der Waals surface area (Å²) in [4.78, 5) is 16.3. The normalized spacial score (nSPS) is 15.8. The number of aryl methyl sites for hydroxylation is 1. The second kappa shape index (κ2) is 5.60. The van der Waals surface area contributed by atoms with Gasteiger partial charge in [0.1, 0.15) is 5.69 Å². The maximum atomic E-state index is 12.2. The SMILES string of the molecule is Cc1cc(NC(=O)c2ncccc2Br)nn1[C@@H](C)C1CC1. The lowest BCUT2D eigenvalue weighted by molar-refractivity contribution is 0.102. The molecule has 1 aliphatic carbocycles. The summed E-state index contributed by atoms with van der Waals surface area (Å²) >= 11 is 3.33. The van der Waals surface area contributed by atoms with E-state index in [2.05, 4.69) is 38.3 Å². The van der Waals surface area contributed by atoms with Crippen LogP contribution in [0.4, 0.5) is 5.82 Å². The lowest BCUT2D eigenvalue weighted by atomic mass is 10.2. The van der Waals surface area contributed by atoms with Crippen LogP contribution in [0.2, 0.25) is 0 Å². The highest BCUT2D eigenvalue weighted by Crippen LogP contribution is 2.39. The Morgan fingerprint density at radius 3 is 2.95 bits per heavy atom. The molecule has 0 aromatic carbocycles. The summed E-state index contributed by atoms with van der Waals surface area (Å²) in [6.45, 7) is 4.19. The van der Waals surface area contributed by atoms with Gasteiger partial charge < -0.3 is 5.32 Å². The summed E-state index contributed by atoms with van der Waals surface area (Å²) in [5.41, 5.74) is 1.42. The van der Waals surface area contributed by atoms with Crippen molar-refractivity contribution < 1.29 is 4.79 Å². The molecule has 5 nitrogen and oxygen atoms in total. The molecule has 0 radical (unpaired) electrons. The van der Waals surface area contributed by atoms with Crippen LogP contribution in [0.15, 0.2) is 28.9 Å². The smallest absolute Gasteiger partial charge is 0.276 e. The van der Waals surface area contributed by atoms with Gasteiger partial charge in [0.15, 0.2) is 5.82 Å². The molecule has 0 aliphatic heterocycles. The first-order chi connectivity index (χ1) is 10.1. The third-order valence-corrected chi connectivity index (χ3v) is 4.47. The molecule has 1 saturated carbocycles. The second-order valence-electron chi connectivity index (χ2n) is 5.48. The number of hydrogen-bond acceptors (Lipinski definition) is 3. The molecule has 3 rings (SSSR count). The molecule has 0 unspecified atom stereocenters. The Kier molecular flexibility index (Phi) is 3.80. The first kappa shape index (κ1) is 14.3. The minimum Gasteiger partial charge on any atom is -0.304 e. The van der Waals surface area contributed by atoms with Crippen LogP contribution in [0, 0.1) is 12.8 Å². The van der Waals surface area contributed by atoms with Crippen LogP contribution in [0.3, 0.4) is 0 Å². The molecule has 1 fully saturated rings. The Hall–Kier alpha value is -1.69. The van der Waals surface area contributed by atoms with Crippen molar-refractivity contribution in [1.29, 1.82) is 0 Å². The van der Waals surface area contributed by atoms with E-state index in [1.165, 1.54) is 12.8 Å². The molecule has 2 aromatic heterocycles. The Morgan fingerprint density at radius 2 is 2.29 bits per heavy atom. The van der Waals surface area contributed by atoms with Crippen LogP contribution < -0.4 is 5.32 Å². The highest BCUT2D eigenvalue weighted by Gasteiger charge is 2.30. The summed E-state index contributed by atoms with van der Waals surface area (Å²) in [6, 6.07) is 5.85. The molecule has 0 bridgehead atoms. The summed E-state index contributed by atoms with van der Waals surface area (Å²) in [5.74, 6) is 1.03. The van der Waals surface area contributed by atoms with Gasteiger partial charge >= 0.3 is 0 Å². The van der Waals surface area contributed by atoms with E-state index < -0.39 is 0 Å². The molecule has 1 atom stereocenters. The third kappa shape index (κ3) is 3.00. The number of nitrogens with one attached hydrogen (secondary N) is 1. The topological polar surface area (TPSA) is 59.8 Å². The van der Waals surface area contributed by atoms with Crippen LogP contribution in [0.1, 0.15) is 42.0 Å². The molecule has 2 heterocycles. The minimum absolute atomic E-state index is 0.258. The van der Waals surface area contributed by atoms with Crippen molar-refractivity contribution in [3.63, 3.8) is 0 Å². The number of amides is 1. The summed E-state index contributed by atoms with van der Waals surface area (Å²) in [7, 11) is 0.